The summed E-state index contributed by atoms with van der Waals surface area (Å²) in [5.74, 6) is 0.494. The Balaban J connectivity index is 1.47. The smallest absolute Gasteiger partial charge is 0.243 e. The summed E-state index contributed by atoms with van der Waals surface area (Å²) in [4.78, 5) is 24.3. The van der Waals surface area contributed by atoms with Gasteiger partial charge in [-0.1, -0.05) is 23.9 Å². The third kappa shape index (κ3) is 6.96. The van der Waals surface area contributed by atoms with Crippen molar-refractivity contribution < 1.29 is 22.7 Å². The largest absolute Gasteiger partial charge is 0.379 e. The van der Waals surface area contributed by atoms with Crippen molar-refractivity contribution in [2.75, 3.05) is 38.6 Å². The van der Waals surface area contributed by atoms with Gasteiger partial charge >= 0.3 is 0 Å². The first-order chi connectivity index (χ1) is 17.8. The molecule has 1 aliphatic rings. The van der Waals surface area contributed by atoms with Crippen LogP contribution in [-0.4, -0.2) is 77.8 Å². The summed E-state index contributed by atoms with van der Waals surface area (Å²) >= 11 is 3.48. The molecule has 0 saturated carbocycles. The Kier molecular flexibility index (Phi) is 9.34. The zero-order valence-electron chi connectivity index (χ0n) is 20.1. The highest BCUT2D eigenvalue weighted by atomic mass is 127. The number of Topliss-reactive ketones (excluding diaryl/α,β-unsaturated/α-hetero) is 1. The average Bonchev–Trinajstić information content (AvgIpc) is 3.30. The van der Waals surface area contributed by atoms with Gasteiger partial charge in [0.1, 0.15) is 5.82 Å². The fourth-order valence-electron chi connectivity index (χ4n) is 3.72. The second-order valence-corrected chi connectivity index (χ2v) is 12.3. The van der Waals surface area contributed by atoms with Gasteiger partial charge in [-0.15, -0.1) is 10.2 Å². The number of nitrogens with zero attached hydrogens (tertiary/aromatic N) is 4. The number of sulfonamides is 1. The molecule has 2 heterocycles. The lowest BCUT2D eigenvalue weighted by molar-refractivity contribution is -0.118. The topological polar surface area (TPSA) is 123 Å². The SMILES string of the molecule is CC(=O)NCCc1nnc(SCC(=O)c2ccc(S(=O)(=O)N3CCOCC3)cc2)n1-c1ccc(I)cc1. The van der Waals surface area contributed by atoms with Gasteiger partial charge in [0.2, 0.25) is 15.9 Å². The predicted molar refractivity (Wildman–Crippen MR) is 148 cm³/mol. The Morgan fingerprint density at radius 1 is 1.05 bits per heavy atom. The van der Waals surface area contributed by atoms with E-state index in [4.69, 9.17) is 4.74 Å². The maximum atomic E-state index is 12.9. The standard InChI is InChI=1S/C24H26IN5O5S2/c1-17(31)26-11-10-23-27-28-24(30(23)20-6-4-19(25)5-7-20)36-16-22(32)18-2-8-21(9-3-18)37(33,34)29-12-14-35-15-13-29/h2-9H,10-16H2,1H3,(H,26,31). The summed E-state index contributed by atoms with van der Waals surface area (Å²) < 4.78 is 35.2. The second-order valence-electron chi connectivity index (χ2n) is 8.20. The molecule has 4 rings (SSSR count). The van der Waals surface area contributed by atoms with Crippen molar-refractivity contribution >= 4 is 56.1 Å². The molecule has 196 valence electrons. The van der Waals surface area contributed by atoms with Crippen LogP contribution in [0.25, 0.3) is 5.69 Å². The number of carbonyl (C=O) groups is 2. The van der Waals surface area contributed by atoms with Gasteiger partial charge < -0.3 is 10.1 Å². The molecular weight excluding hydrogens is 629 g/mol. The van der Waals surface area contributed by atoms with E-state index in [1.54, 1.807) is 12.1 Å². The van der Waals surface area contributed by atoms with E-state index < -0.39 is 10.0 Å². The van der Waals surface area contributed by atoms with Gasteiger partial charge in [0.25, 0.3) is 0 Å². The minimum Gasteiger partial charge on any atom is -0.379 e. The highest BCUT2D eigenvalue weighted by Gasteiger charge is 2.26. The van der Waals surface area contributed by atoms with Crippen molar-refractivity contribution in [1.29, 1.82) is 0 Å². The summed E-state index contributed by atoms with van der Waals surface area (Å²) in [5.41, 5.74) is 1.27. The first kappa shape index (κ1) is 27.7. The Morgan fingerprint density at radius 3 is 2.38 bits per heavy atom. The molecule has 1 fully saturated rings. The van der Waals surface area contributed by atoms with E-state index in [2.05, 4.69) is 38.1 Å². The van der Waals surface area contributed by atoms with E-state index in [-0.39, 0.29) is 22.3 Å². The van der Waals surface area contributed by atoms with E-state index in [9.17, 15) is 18.0 Å². The maximum absolute atomic E-state index is 12.9. The molecule has 13 heteroatoms. The highest BCUT2D eigenvalue weighted by molar-refractivity contribution is 14.1. The number of hydrogen-bond donors (Lipinski definition) is 1. The van der Waals surface area contributed by atoms with Gasteiger partial charge in [0.05, 0.1) is 23.9 Å². The molecule has 3 aromatic rings. The number of halogens is 1. The van der Waals surface area contributed by atoms with Crippen molar-refractivity contribution in [1.82, 2.24) is 24.4 Å². The summed E-state index contributed by atoms with van der Waals surface area (Å²) in [5, 5.41) is 11.9. The van der Waals surface area contributed by atoms with Crippen LogP contribution in [0.1, 0.15) is 23.1 Å². The maximum Gasteiger partial charge on any atom is 0.243 e. The molecule has 2 aromatic carbocycles. The number of carbonyl (C=O) groups excluding carboxylic acids is 2. The lowest BCUT2D eigenvalue weighted by Crippen LogP contribution is -2.40. The molecule has 1 N–H and O–H groups in total. The number of morpholine rings is 1. The second kappa shape index (κ2) is 12.5. The van der Waals surface area contributed by atoms with Crippen molar-refractivity contribution in [2.24, 2.45) is 0 Å². The molecule has 0 atom stereocenters. The first-order valence-corrected chi connectivity index (χ1v) is 15.0. The van der Waals surface area contributed by atoms with Crippen molar-refractivity contribution in [2.45, 2.75) is 23.4 Å². The normalized spacial score (nSPS) is 14.4. The molecule has 1 amide bonds. The zero-order valence-corrected chi connectivity index (χ0v) is 23.9. The number of ether oxygens (including phenoxy) is 1. The number of thioether (sulfide) groups is 1. The number of nitrogens with one attached hydrogen (secondary N) is 1. The number of hydrogen-bond acceptors (Lipinski definition) is 8. The van der Waals surface area contributed by atoms with E-state index in [0.717, 1.165) is 9.26 Å². The summed E-state index contributed by atoms with van der Waals surface area (Å²) in [6, 6.07) is 13.9. The summed E-state index contributed by atoms with van der Waals surface area (Å²) in [6.45, 7) is 3.24. The minimum atomic E-state index is -3.62. The Hall–Kier alpha value is -2.33. The monoisotopic (exact) mass is 655 g/mol. The Morgan fingerprint density at radius 2 is 1.73 bits per heavy atom. The molecule has 0 bridgehead atoms. The molecule has 0 radical (unpaired) electrons. The van der Waals surface area contributed by atoms with E-state index in [1.807, 2.05) is 28.8 Å². The molecule has 10 nitrogen and oxygen atoms in total. The van der Waals surface area contributed by atoms with Crippen molar-refractivity contribution in [3.8, 4) is 5.69 Å². The molecule has 37 heavy (non-hydrogen) atoms. The molecule has 0 unspecified atom stereocenters. The van der Waals surface area contributed by atoms with Crippen LogP contribution in [0, 0.1) is 3.57 Å². The van der Waals surface area contributed by atoms with Gasteiger partial charge in [0, 0.05) is 47.8 Å². The first-order valence-electron chi connectivity index (χ1n) is 11.5. The third-order valence-electron chi connectivity index (χ3n) is 5.62. The van der Waals surface area contributed by atoms with Crippen LogP contribution in [0.3, 0.4) is 0 Å². The predicted octanol–water partition coefficient (Wildman–Crippen LogP) is 2.55. The molecule has 0 aliphatic carbocycles. The van der Waals surface area contributed by atoms with E-state index in [1.165, 1.54) is 35.1 Å². The fraction of sp³-hybridized carbons (Fsp3) is 0.333. The van der Waals surface area contributed by atoms with Gasteiger partial charge in [-0.2, -0.15) is 4.31 Å². The number of ketones is 1. The average molecular weight is 656 g/mol. The Labute approximate surface area is 233 Å². The van der Waals surface area contributed by atoms with Gasteiger partial charge in [-0.25, -0.2) is 8.42 Å². The summed E-state index contributed by atoms with van der Waals surface area (Å²) in [7, 11) is -3.62. The van der Waals surface area contributed by atoms with Gasteiger partial charge in [-0.05, 0) is 59.0 Å². The zero-order chi connectivity index (χ0) is 26.4. The van der Waals surface area contributed by atoms with Crippen LogP contribution in [0.15, 0.2) is 58.6 Å². The molecule has 1 aliphatic heterocycles. The summed E-state index contributed by atoms with van der Waals surface area (Å²) in [6.07, 6.45) is 0.478. The minimum absolute atomic E-state index is 0.101. The van der Waals surface area contributed by atoms with Crippen molar-refractivity contribution in [3.63, 3.8) is 0 Å². The van der Waals surface area contributed by atoms with Crippen LogP contribution < -0.4 is 5.32 Å². The quantitative estimate of drug-likeness (QED) is 0.201. The van der Waals surface area contributed by atoms with Gasteiger partial charge in [0.15, 0.2) is 10.9 Å². The number of benzene rings is 2. The molecule has 0 spiro atoms. The Bertz CT molecular complexity index is 1360. The molecule has 1 aromatic heterocycles. The van der Waals surface area contributed by atoms with Crippen LogP contribution in [0.2, 0.25) is 0 Å². The van der Waals surface area contributed by atoms with Crippen LogP contribution in [0.5, 0.6) is 0 Å². The number of rotatable bonds is 10. The highest BCUT2D eigenvalue weighted by Crippen LogP contribution is 2.25. The van der Waals surface area contributed by atoms with Crippen molar-refractivity contribution in [3.05, 3.63) is 63.5 Å². The van der Waals surface area contributed by atoms with Crippen LogP contribution in [-0.2, 0) is 26.0 Å². The number of amides is 1. The fourth-order valence-corrected chi connectivity index (χ4v) is 6.35. The van der Waals surface area contributed by atoms with E-state index in [0.29, 0.717) is 55.8 Å². The van der Waals surface area contributed by atoms with E-state index >= 15 is 0 Å². The van der Waals surface area contributed by atoms with Crippen LogP contribution in [0.4, 0.5) is 0 Å². The van der Waals surface area contributed by atoms with Crippen LogP contribution >= 0.6 is 34.4 Å². The molecule has 1 saturated heterocycles. The lowest BCUT2D eigenvalue weighted by atomic mass is 10.1. The third-order valence-corrected chi connectivity index (χ3v) is 9.19. The molecular formula is C24H26IN5O5S2. The van der Waals surface area contributed by atoms with Gasteiger partial charge in [-0.3, -0.25) is 14.2 Å². The number of aromatic nitrogens is 3. The lowest BCUT2D eigenvalue weighted by Gasteiger charge is -2.26.